The molecule has 0 radical (unpaired) electrons. The van der Waals surface area contributed by atoms with Crippen molar-refractivity contribution in [2.75, 3.05) is 6.54 Å². The van der Waals surface area contributed by atoms with E-state index in [4.69, 9.17) is 5.26 Å². The Kier molecular flexibility index (Phi) is 1.49. The highest BCUT2D eigenvalue weighted by Gasteiger charge is 2.37. The molecular weight excluding hydrogens is 188 g/mol. The van der Waals surface area contributed by atoms with Gasteiger partial charge in [-0.15, -0.1) is 0 Å². The molecule has 0 saturated heterocycles. The van der Waals surface area contributed by atoms with E-state index in [1.165, 1.54) is 0 Å². The van der Waals surface area contributed by atoms with Crippen LogP contribution in [0, 0.1) is 11.3 Å². The molecule has 3 heteroatoms. The summed E-state index contributed by atoms with van der Waals surface area (Å²) in [5.74, 6) is 0.0332. The van der Waals surface area contributed by atoms with Gasteiger partial charge in [0, 0.05) is 24.1 Å². The van der Waals surface area contributed by atoms with Crippen LogP contribution in [-0.2, 0) is 0 Å². The Labute approximate surface area is 87.2 Å². The number of nitrogens with zero attached hydrogens (tertiary/aromatic N) is 2. The third-order valence-corrected chi connectivity index (χ3v) is 2.93. The van der Waals surface area contributed by atoms with Gasteiger partial charge in [0.25, 0.3) is 5.91 Å². The topological polar surface area (TPSA) is 44.1 Å². The minimum absolute atomic E-state index is 0.0332. The zero-order valence-electron chi connectivity index (χ0n) is 8.03. The summed E-state index contributed by atoms with van der Waals surface area (Å²) in [6, 6.07) is 9.66. The number of rotatable bonds is 0. The van der Waals surface area contributed by atoms with Gasteiger partial charge in [0.1, 0.15) is 0 Å². The van der Waals surface area contributed by atoms with E-state index >= 15 is 0 Å². The number of carbonyl (C=O) groups is 1. The van der Waals surface area contributed by atoms with Crippen LogP contribution < -0.4 is 0 Å². The first-order chi connectivity index (χ1) is 7.33. The maximum atomic E-state index is 11.9. The van der Waals surface area contributed by atoms with E-state index in [1.54, 1.807) is 4.90 Å². The fraction of sp³-hybridized carbons (Fsp3) is 0.167. The zero-order chi connectivity index (χ0) is 10.4. The molecule has 3 rings (SSSR count). The summed E-state index contributed by atoms with van der Waals surface area (Å²) < 4.78 is 0. The molecule has 2 aliphatic heterocycles. The van der Waals surface area contributed by atoms with Crippen molar-refractivity contribution in [3.05, 3.63) is 41.0 Å². The number of benzene rings is 1. The van der Waals surface area contributed by atoms with Gasteiger partial charge in [0.05, 0.1) is 17.3 Å². The van der Waals surface area contributed by atoms with E-state index in [0.29, 0.717) is 13.0 Å². The van der Waals surface area contributed by atoms with E-state index in [0.717, 1.165) is 22.4 Å². The summed E-state index contributed by atoms with van der Waals surface area (Å²) in [6.45, 7) is 0.645. The smallest absolute Gasteiger partial charge is 0.259 e. The van der Waals surface area contributed by atoms with Crippen molar-refractivity contribution in [1.29, 1.82) is 5.26 Å². The average molecular weight is 196 g/mol. The molecule has 0 unspecified atom stereocenters. The van der Waals surface area contributed by atoms with E-state index in [1.807, 2.05) is 24.3 Å². The first-order valence-corrected chi connectivity index (χ1v) is 4.87. The molecule has 1 aromatic carbocycles. The highest BCUT2D eigenvalue weighted by atomic mass is 16.2. The van der Waals surface area contributed by atoms with Gasteiger partial charge in [-0.05, 0) is 6.07 Å². The molecule has 2 heterocycles. The lowest BCUT2D eigenvalue weighted by Crippen LogP contribution is -2.20. The SMILES string of the molecule is N#CC1=C2c3ccccc3C(=O)N2CC1. The first-order valence-electron chi connectivity index (χ1n) is 4.87. The number of hydrogen-bond acceptors (Lipinski definition) is 2. The van der Waals surface area contributed by atoms with Gasteiger partial charge >= 0.3 is 0 Å². The maximum Gasteiger partial charge on any atom is 0.259 e. The molecule has 0 N–H and O–H groups in total. The second kappa shape index (κ2) is 2.71. The molecule has 3 nitrogen and oxygen atoms in total. The molecule has 2 aliphatic rings. The third kappa shape index (κ3) is 0.909. The van der Waals surface area contributed by atoms with Crippen molar-refractivity contribution in [1.82, 2.24) is 4.90 Å². The molecule has 0 atom stereocenters. The van der Waals surface area contributed by atoms with Crippen molar-refractivity contribution in [2.24, 2.45) is 0 Å². The fourth-order valence-electron chi connectivity index (χ4n) is 2.26. The first kappa shape index (κ1) is 8.25. The van der Waals surface area contributed by atoms with Gasteiger partial charge in [-0.3, -0.25) is 4.79 Å². The summed E-state index contributed by atoms with van der Waals surface area (Å²) in [5.41, 5.74) is 3.20. The van der Waals surface area contributed by atoms with E-state index < -0.39 is 0 Å². The van der Waals surface area contributed by atoms with E-state index in [-0.39, 0.29) is 5.91 Å². The number of fused-ring (bicyclic) bond motifs is 3. The molecule has 0 saturated carbocycles. The van der Waals surface area contributed by atoms with Crippen molar-refractivity contribution >= 4 is 11.6 Å². The predicted octanol–water partition coefficient (Wildman–Crippen LogP) is 1.78. The van der Waals surface area contributed by atoms with Crippen molar-refractivity contribution in [3.8, 4) is 6.07 Å². The maximum absolute atomic E-state index is 11.9. The normalized spacial score (nSPS) is 17.8. The minimum atomic E-state index is 0.0332. The van der Waals surface area contributed by atoms with E-state index in [9.17, 15) is 4.79 Å². The van der Waals surface area contributed by atoms with Crippen LogP contribution in [0.5, 0.6) is 0 Å². The molecule has 0 spiro atoms. The van der Waals surface area contributed by atoms with Crippen LogP contribution in [-0.4, -0.2) is 17.4 Å². The molecule has 0 bridgehead atoms. The zero-order valence-corrected chi connectivity index (χ0v) is 8.03. The Morgan fingerprint density at radius 3 is 2.73 bits per heavy atom. The largest absolute Gasteiger partial charge is 0.306 e. The van der Waals surface area contributed by atoms with Crippen LogP contribution >= 0.6 is 0 Å². The number of nitriles is 1. The lowest BCUT2D eigenvalue weighted by Gasteiger charge is -2.09. The van der Waals surface area contributed by atoms with Crippen molar-refractivity contribution < 1.29 is 4.79 Å². The minimum Gasteiger partial charge on any atom is -0.306 e. The van der Waals surface area contributed by atoms with Gasteiger partial charge in [0.2, 0.25) is 0 Å². The van der Waals surface area contributed by atoms with Gasteiger partial charge < -0.3 is 4.90 Å². The Morgan fingerprint density at radius 2 is 2.00 bits per heavy atom. The summed E-state index contributed by atoms with van der Waals surface area (Å²) in [6.07, 6.45) is 0.686. The Morgan fingerprint density at radius 1 is 1.27 bits per heavy atom. The lowest BCUT2D eigenvalue weighted by atomic mass is 10.0. The second-order valence-corrected chi connectivity index (χ2v) is 3.69. The number of amides is 1. The van der Waals surface area contributed by atoms with Gasteiger partial charge in [0.15, 0.2) is 0 Å². The number of carbonyl (C=O) groups excluding carboxylic acids is 1. The van der Waals surface area contributed by atoms with Crippen LogP contribution in [0.3, 0.4) is 0 Å². The summed E-state index contributed by atoms with van der Waals surface area (Å²) in [4.78, 5) is 13.6. The molecule has 0 aromatic heterocycles. The molecule has 0 aliphatic carbocycles. The Hall–Kier alpha value is -2.08. The second-order valence-electron chi connectivity index (χ2n) is 3.69. The molecular formula is C12H8N2O. The van der Waals surface area contributed by atoms with Gasteiger partial charge in [-0.1, -0.05) is 18.2 Å². The monoisotopic (exact) mass is 196 g/mol. The molecule has 1 aromatic rings. The Bertz CT molecular complexity index is 537. The number of hydrogen-bond donors (Lipinski definition) is 0. The van der Waals surface area contributed by atoms with Gasteiger partial charge in [-0.2, -0.15) is 5.26 Å². The summed E-state index contributed by atoms with van der Waals surface area (Å²) >= 11 is 0. The highest BCUT2D eigenvalue weighted by Crippen LogP contribution is 2.39. The van der Waals surface area contributed by atoms with Crippen molar-refractivity contribution in [3.63, 3.8) is 0 Å². The Balaban J connectivity index is 2.32. The van der Waals surface area contributed by atoms with Crippen LogP contribution in [0.2, 0.25) is 0 Å². The van der Waals surface area contributed by atoms with Crippen LogP contribution in [0.25, 0.3) is 5.70 Å². The molecule has 0 fully saturated rings. The summed E-state index contributed by atoms with van der Waals surface area (Å²) in [5, 5.41) is 8.98. The fourth-order valence-corrected chi connectivity index (χ4v) is 2.26. The molecule has 15 heavy (non-hydrogen) atoms. The predicted molar refractivity (Wildman–Crippen MR) is 54.6 cm³/mol. The van der Waals surface area contributed by atoms with E-state index in [2.05, 4.69) is 6.07 Å². The molecule has 72 valence electrons. The van der Waals surface area contributed by atoms with Crippen LogP contribution in [0.1, 0.15) is 22.3 Å². The average Bonchev–Trinajstić information content (AvgIpc) is 2.81. The van der Waals surface area contributed by atoms with Gasteiger partial charge in [-0.25, -0.2) is 0 Å². The standard InChI is InChI=1S/C12H8N2O/c13-7-8-5-6-14-11(8)9-3-1-2-4-10(9)12(14)15/h1-4H,5-6H2. The van der Waals surface area contributed by atoms with Crippen molar-refractivity contribution in [2.45, 2.75) is 6.42 Å². The highest BCUT2D eigenvalue weighted by molar-refractivity contribution is 6.10. The molecule has 1 amide bonds. The third-order valence-electron chi connectivity index (χ3n) is 2.93. The van der Waals surface area contributed by atoms with Crippen LogP contribution in [0.15, 0.2) is 29.8 Å². The quantitative estimate of drug-likeness (QED) is 0.634. The summed E-state index contributed by atoms with van der Waals surface area (Å²) in [7, 11) is 0. The lowest BCUT2D eigenvalue weighted by molar-refractivity contribution is 0.0858. The van der Waals surface area contributed by atoms with Crippen LogP contribution in [0.4, 0.5) is 0 Å².